The summed E-state index contributed by atoms with van der Waals surface area (Å²) in [6, 6.07) is 26.8. The van der Waals surface area contributed by atoms with Gasteiger partial charge in [0.25, 0.3) is 0 Å². The third-order valence-electron chi connectivity index (χ3n) is 15.6. The number of hydrogen-bond acceptors (Lipinski definition) is 18. The lowest BCUT2D eigenvalue weighted by Gasteiger charge is -2.24. The highest BCUT2D eigenvalue weighted by molar-refractivity contribution is 5.80. The molecular weight excluding hydrogens is 1190 g/mol. The van der Waals surface area contributed by atoms with Gasteiger partial charge in [-0.15, -0.1) is 0 Å². The van der Waals surface area contributed by atoms with E-state index in [1.807, 2.05) is 75.3 Å². The summed E-state index contributed by atoms with van der Waals surface area (Å²) in [5, 5.41) is 113. The molecule has 0 heterocycles. The van der Waals surface area contributed by atoms with E-state index in [0.29, 0.717) is 24.8 Å². The largest absolute Gasteiger partial charge is 0.508 e. The van der Waals surface area contributed by atoms with E-state index >= 15 is 0 Å². The van der Waals surface area contributed by atoms with Crippen LogP contribution in [-0.4, -0.2) is 79.2 Å². The van der Waals surface area contributed by atoms with E-state index in [1.165, 1.54) is 72.8 Å². The van der Waals surface area contributed by atoms with Crippen LogP contribution in [0.4, 0.5) is 0 Å². The number of aromatic hydroxyl groups is 12. The molecule has 93 heavy (non-hydrogen) atoms. The first-order valence-electron chi connectivity index (χ1n) is 28.8. The van der Waals surface area contributed by atoms with Crippen molar-refractivity contribution < 1.29 is 89.9 Å². The van der Waals surface area contributed by atoms with Gasteiger partial charge in [0.05, 0.1) is 16.2 Å². The van der Waals surface area contributed by atoms with Crippen molar-refractivity contribution in [1.29, 1.82) is 0 Å². The van der Waals surface area contributed by atoms with Gasteiger partial charge in [-0.2, -0.15) is 0 Å². The van der Waals surface area contributed by atoms with E-state index in [9.17, 15) is 75.7 Å². The molecule has 0 bridgehead atoms. The molecule has 18 heteroatoms. The highest BCUT2D eigenvalue weighted by Gasteiger charge is 2.32. The molecule has 528 valence electrons. The van der Waals surface area contributed by atoms with Gasteiger partial charge in [-0.1, -0.05) is 158 Å². The second-order valence-electron chi connectivity index (χ2n) is 24.5. The molecule has 6 aromatic carbocycles. The molecule has 0 saturated heterocycles. The maximum absolute atomic E-state index is 11.7. The van der Waals surface area contributed by atoms with E-state index in [1.54, 1.807) is 71.9 Å². The molecule has 0 unspecified atom stereocenters. The van der Waals surface area contributed by atoms with E-state index in [-0.39, 0.29) is 141 Å². The summed E-state index contributed by atoms with van der Waals surface area (Å²) >= 11 is 0. The van der Waals surface area contributed by atoms with Crippen molar-refractivity contribution in [3.8, 4) is 86.2 Å². The molecule has 0 aliphatic heterocycles. The average molecular weight is 1310 g/mol. The first-order valence-corrected chi connectivity index (χ1v) is 28.8. The highest BCUT2D eigenvalue weighted by Crippen LogP contribution is 2.42. The first kappa shape index (κ1) is 95.4. The van der Waals surface area contributed by atoms with Crippen molar-refractivity contribution in [2.24, 2.45) is 16.2 Å². The summed E-state index contributed by atoms with van der Waals surface area (Å²) in [5.74, 6) is -2.26. The Labute approximate surface area is 557 Å². The highest BCUT2D eigenvalue weighted by atomic mass is 16.6. The minimum atomic E-state index is -0.644. The van der Waals surface area contributed by atoms with Crippen LogP contribution in [0, 0.1) is 16.2 Å². The van der Waals surface area contributed by atoms with E-state index < -0.39 is 39.9 Å². The molecule has 6 rings (SSSR count). The number of hydrogen-bond donors (Lipinski definition) is 12. The molecule has 0 aliphatic rings. The Balaban J connectivity index is -0.000000242. The van der Waals surface area contributed by atoms with Gasteiger partial charge in [0.1, 0.15) is 28.7 Å². The summed E-state index contributed by atoms with van der Waals surface area (Å²) in [4.78, 5) is 35.2. The lowest BCUT2D eigenvalue weighted by atomic mass is 9.81. The van der Waals surface area contributed by atoms with Gasteiger partial charge in [0.15, 0.2) is 46.0 Å². The minimum Gasteiger partial charge on any atom is -0.508 e. The molecule has 12 N–H and O–H groups in total. The predicted octanol–water partition coefficient (Wildman–Crippen LogP) is 19.5. The van der Waals surface area contributed by atoms with Crippen molar-refractivity contribution in [2.45, 2.75) is 224 Å². The Morgan fingerprint density at radius 1 is 0.312 bits per heavy atom. The third kappa shape index (κ3) is 28.4. The first-order chi connectivity index (χ1) is 40.1. The van der Waals surface area contributed by atoms with Gasteiger partial charge >= 0.3 is 17.9 Å². The van der Waals surface area contributed by atoms with Crippen LogP contribution in [0.25, 0.3) is 0 Å². The van der Waals surface area contributed by atoms with Crippen molar-refractivity contribution in [3.05, 3.63) is 126 Å². The Hall–Kier alpha value is -8.67. The van der Waals surface area contributed by atoms with Gasteiger partial charge in [-0.05, 0) is 169 Å². The zero-order valence-corrected chi connectivity index (χ0v) is 54.0. The third-order valence-corrected chi connectivity index (χ3v) is 15.6. The molecule has 0 fully saturated rings. The van der Waals surface area contributed by atoms with E-state index in [4.69, 9.17) is 14.2 Å². The Morgan fingerprint density at radius 2 is 0.634 bits per heavy atom. The number of carbonyl (C=O) groups excluding carboxylic acids is 3. The lowest BCUT2D eigenvalue weighted by Crippen LogP contribution is -2.28. The smallest absolute Gasteiger partial charge is 0.317 e. The summed E-state index contributed by atoms with van der Waals surface area (Å²) in [6.07, 6.45) is 4.59. The fraction of sp³-hybridized carbons (Fsp3) is 0.480. The maximum Gasteiger partial charge on any atom is 0.317 e. The number of rotatable bonds is 15. The van der Waals surface area contributed by atoms with Crippen LogP contribution in [0.1, 0.15) is 224 Å². The van der Waals surface area contributed by atoms with Crippen LogP contribution in [0.5, 0.6) is 86.2 Å². The monoisotopic (exact) mass is 1310 g/mol. The number of esters is 3. The van der Waals surface area contributed by atoms with Crippen molar-refractivity contribution >= 4 is 17.9 Å². The fourth-order valence-corrected chi connectivity index (χ4v) is 6.86. The molecule has 18 nitrogen and oxygen atoms in total. The molecule has 6 aromatic rings. The van der Waals surface area contributed by atoms with Crippen molar-refractivity contribution in [3.63, 3.8) is 0 Å². The molecule has 0 radical (unpaired) electrons. The van der Waals surface area contributed by atoms with Gasteiger partial charge in [-0.25, -0.2) is 0 Å². The minimum absolute atomic E-state index is 0. The van der Waals surface area contributed by atoms with Gasteiger partial charge < -0.3 is 75.5 Å². The predicted molar refractivity (Wildman–Crippen MR) is 378 cm³/mol. The summed E-state index contributed by atoms with van der Waals surface area (Å²) < 4.78 is 15.1. The number of ether oxygens (including phenoxy) is 3. The maximum atomic E-state index is 11.7. The summed E-state index contributed by atoms with van der Waals surface area (Å²) in [5.41, 5.74) is -0.00602. The zero-order chi connectivity index (χ0) is 67.2. The van der Waals surface area contributed by atoms with Gasteiger partial charge in [0.2, 0.25) is 11.5 Å². The number of phenolic OH excluding ortho intramolecular Hbond substituents is 12. The molecule has 0 aromatic heterocycles. The summed E-state index contributed by atoms with van der Waals surface area (Å²) in [7, 11) is 0. The molecule has 0 saturated carbocycles. The van der Waals surface area contributed by atoms with Crippen LogP contribution in [0.15, 0.2) is 109 Å². The SMILES string of the molecule is C.C.C.C.C.C.CCC(C)(C)C(=O)Oc1c(O)cccc1O.CCC(C)(C)C(=O)Oc1cc(O)ccc1O.CCC(C)(C)C(=O)Oc1cccc(O)c1O.CCC(C)(C)c1c(O)cccc1O.CCC(C)(C)c1cc(O)ccc1O.CCC(C)(C)c1cccc(O)c1O. The van der Waals surface area contributed by atoms with Crippen LogP contribution >= 0.6 is 0 Å². The quantitative estimate of drug-likeness (QED) is 0.0197. The van der Waals surface area contributed by atoms with E-state index in [2.05, 4.69) is 13.8 Å². The van der Waals surface area contributed by atoms with Gasteiger partial charge in [-0.3, -0.25) is 14.4 Å². The topological polar surface area (TPSA) is 322 Å². The molecule has 0 spiro atoms. The Kier molecular flexibility index (Phi) is 42.1. The molecule has 0 amide bonds. The van der Waals surface area contributed by atoms with Crippen molar-refractivity contribution in [2.75, 3.05) is 0 Å². The summed E-state index contributed by atoms with van der Waals surface area (Å²) in [6.45, 7) is 34.5. The number of phenols is 12. The van der Waals surface area contributed by atoms with Crippen LogP contribution in [0.3, 0.4) is 0 Å². The standard InChI is InChI=1S/3C12H16O4.3C11H16O2.6CH4/c1-4-12(2,3)11(15)16-10-7-8(13)5-6-9(10)14;1-4-12(2,3)11(15)16-9-7-5-6-8(13)10(9)14;1-4-12(2,3)11(15)16-10-8(13)6-5-7-9(10)14;1-4-11(2,3)9-7-8(12)5-6-10(9)13;1-4-11(2,3)10-8(12)6-5-7-9(10)13;1-4-11(2,3)8-6-5-7-9(12)10(8)13;;;;;;/h3*5-7,13-14H,4H2,1-3H3;3*5-7,12-13H,4H2,1-3H3;6*1H4. The number of carbonyl (C=O) groups is 3. The second kappa shape index (κ2) is 41.0. The number of para-hydroxylation sites is 3. The molecular formula is C75H120O18. The zero-order valence-electron chi connectivity index (χ0n) is 54.0. The van der Waals surface area contributed by atoms with Crippen LogP contribution in [-0.2, 0) is 30.6 Å². The van der Waals surface area contributed by atoms with Crippen LogP contribution < -0.4 is 14.2 Å². The lowest BCUT2D eigenvalue weighted by molar-refractivity contribution is -0.145. The van der Waals surface area contributed by atoms with E-state index in [0.717, 1.165) is 30.4 Å². The van der Waals surface area contributed by atoms with Crippen LogP contribution in [0.2, 0.25) is 0 Å². The molecule has 0 aliphatic carbocycles. The fourth-order valence-electron chi connectivity index (χ4n) is 6.86. The molecule has 0 atom stereocenters. The second-order valence-corrected chi connectivity index (χ2v) is 24.5. The number of benzene rings is 6. The normalized spacial score (nSPS) is 10.6. The van der Waals surface area contributed by atoms with Gasteiger partial charge in [0, 0.05) is 22.8 Å². The Bertz CT molecular complexity index is 3110. The Morgan fingerprint density at radius 3 is 1.04 bits per heavy atom. The van der Waals surface area contributed by atoms with Crippen molar-refractivity contribution in [1.82, 2.24) is 0 Å². The average Bonchev–Trinajstić information content (AvgIpc) is 0.866.